The van der Waals surface area contributed by atoms with Crippen LogP contribution in [0.2, 0.25) is 0 Å². The van der Waals surface area contributed by atoms with Crippen LogP contribution in [-0.2, 0) is 16.6 Å². The second-order valence-electron chi connectivity index (χ2n) is 4.79. The van der Waals surface area contributed by atoms with E-state index in [1.807, 2.05) is 42.7 Å². The van der Waals surface area contributed by atoms with Gasteiger partial charge in [0, 0.05) is 24.5 Å². The molecule has 0 aromatic heterocycles. The first-order valence-electron chi connectivity index (χ1n) is 6.96. The summed E-state index contributed by atoms with van der Waals surface area (Å²) in [5, 5.41) is 0. The Bertz CT molecular complexity index is 703. The number of nitrogens with zero attached hydrogens (tertiary/aromatic N) is 1. The van der Waals surface area contributed by atoms with Gasteiger partial charge in [0.2, 0.25) is 10.0 Å². The SMILES string of the molecule is CSc1cccc(S(=O)(=O)N(CCN)Cc2ccccc2)c1. The maximum Gasteiger partial charge on any atom is 0.243 e. The van der Waals surface area contributed by atoms with Crippen molar-refractivity contribution >= 4 is 21.8 Å². The third-order valence-electron chi connectivity index (χ3n) is 3.26. The van der Waals surface area contributed by atoms with E-state index in [0.717, 1.165) is 10.5 Å². The lowest BCUT2D eigenvalue weighted by atomic mass is 10.2. The van der Waals surface area contributed by atoms with Crippen LogP contribution >= 0.6 is 11.8 Å². The number of nitrogens with two attached hydrogens (primary N) is 1. The molecule has 0 aliphatic heterocycles. The van der Waals surface area contributed by atoms with Crippen LogP contribution in [-0.4, -0.2) is 32.1 Å². The first-order chi connectivity index (χ1) is 10.6. The van der Waals surface area contributed by atoms with Crippen molar-refractivity contribution in [3.05, 3.63) is 60.2 Å². The van der Waals surface area contributed by atoms with E-state index in [1.54, 1.807) is 18.2 Å². The molecule has 2 N–H and O–H groups in total. The maximum atomic E-state index is 12.9. The largest absolute Gasteiger partial charge is 0.329 e. The minimum Gasteiger partial charge on any atom is -0.329 e. The molecule has 0 heterocycles. The highest BCUT2D eigenvalue weighted by Crippen LogP contribution is 2.23. The molecule has 0 saturated heterocycles. The first-order valence-corrected chi connectivity index (χ1v) is 9.62. The zero-order valence-electron chi connectivity index (χ0n) is 12.5. The van der Waals surface area contributed by atoms with Crippen molar-refractivity contribution in [2.45, 2.75) is 16.3 Å². The summed E-state index contributed by atoms with van der Waals surface area (Å²) in [5.74, 6) is 0. The van der Waals surface area contributed by atoms with Gasteiger partial charge < -0.3 is 5.73 Å². The number of hydrogen-bond donors (Lipinski definition) is 1. The molecule has 0 unspecified atom stereocenters. The van der Waals surface area contributed by atoms with Crippen molar-refractivity contribution in [2.75, 3.05) is 19.3 Å². The Labute approximate surface area is 136 Å². The predicted molar refractivity (Wildman–Crippen MR) is 91.3 cm³/mol. The summed E-state index contributed by atoms with van der Waals surface area (Å²) in [6.45, 7) is 0.902. The van der Waals surface area contributed by atoms with Crippen molar-refractivity contribution < 1.29 is 8.42 Å². The Hall–Kier alpha value is -1.34. The third kappa shape index (κ3) is 4.10. The van der Waals surface area contributed by atoms with Crippen molar-refractivity contribution in [1.29, 1.82) is 0 Å². The topological polar surface area (TPSA) is 63.4 Å². The van der Waals surface area contributed by atoms with Gasteiger partial charge in [-0.05, 0) is 30.0 Å². The number of rotatable bonds is 7. The molecule has 0 aliphatic carbocycles. The van der Waals surface area contributed by atoms with Crippen LogP contribution in [0.3, 0.4) is 0 Å². The van der Waals surface area contributed by atoms with Gasteiger partial charge in [-0.3, -0.25) is 0 Å². The van der Waals surface area contributed by atoms with Gasteiger partial charge in [0.1, 0.15) is 0 Å². The summed E-state index contributed by atoms with van der Waals surface area (Å²) in [6, 6.07) is 16.5. The van der Waals surface area contributed by atoms with Gasteiger partial charge in [0.05, 0.1) is 4.90 Å². The molecule has 0 spiro atoms. The lowest BCUT2D eigenvalue weighted by molar-refractivity contribution is 0.414. The molecule has 0 saturated carbocycles. The highest BCUT2D eigenvalue weighted by Gasteiger charge is 2.24. The Morgan fingerprint density at radius 3 is 2.45 bits per heavy atom. The average Bonchev–Trinajstić information content (AvgIpc) is 2.55. The van der Waals surface area contributed by atoms with Crippen LogP contribution in [0.4, 0.5) is 0 Å². The molecular weight excluding hydrogens is 316 g/mol. The molecule has 0 radical (unpaired) electrons. The van der Waals surface area contributed by atoms with Crippen LogP contribution in [0.5, 0.6) is 0 Å². The monoisotopic (exact) mass is 336 g/mol. The fourth-order valence-electron chi connectivity index (χ4n) is 2.13. The predicted octanol–water partition coefficient (Wildman–Crippen LogP) is 2.56. The van der Waals surface area contributed by atoms with Crippen molar-refractivity contribution in [2.24, 2.45) is 5.73 Å². The van der Waals surface area contributed by atoms with Crippen LogP contribution in [0.25, 0.3) is 0 Å². The fraction of sp³-hybridized carbons (Fsp3) is 0.250. The Morgan fingerprint density at radius 2 is 1.82 bits per heavy atom. The standard InChI is InChI=1S/C16H20N2O2S2/c1-21-15-8-5-9-16(12-15)22(19,20)18(11-10-17)13-14-6-3-2-4-7-14/h2-9,12H,10-11,13,17H2,1H3. The number of benzene rings is 2. The van der Waals surface area contributed by atoms with E-state index in [4.69, 9.17) is 5.73 Å². The zero-order chi connectivity index (χ0) is 16.0. The van der Waals surface area contributed by atoms with Crippen LogP contribution in [0, 0.1) is 0 Å². The van der Waals surface area contributed by atoms with E-state index in [2.05, 4.69) is 0 Å². The molecule has 2 aromatic rings. The second kappa shape index (κ2) is 7.78. The van der Waals surface area contributed by atoms with Crippen LogP contribution in [0.15, 0.2) is 64.4 Å². The van der Waals surface area contributed by atoms with E-state index in [0.29, 0.717) is 18.0 Å². The van der Waals surface area contributed by atoms with Gasteiger partial charge in [0.15, 0.2) is 0 Å². The molecule has 2 rings (SSSR count). The molecule has 0 bridgehead atoms. The van der Waals surface area contributed by atoms with Gasteiger partial charge in [-0.15, -0.1) is 11.8 Å². The zero-order valence-corrected chi connectivity index (χ0v) is 14.1. The molecule has 22 heavy (non-hydrogen) atoms. The first kappa shape index (κ1) is 17.0. The highest BCUT2D eigenvalue weighted by molar-refractivity contribution is 7.98. The Kier molecular flexibility index (Phi) is 6.02. The molecule has 0 aliphatic rings. The smallest absolute Gasteiger partial charge is 0.243 e. The summed E-state index contributed by atoms with van der Waals surface area (Å²) in [7, 11) is -3.55. The molecule has 2 aromatic carbocycles. The number of thioether (sulfide) groups is 1. The lowest BCUT2D eigenvalue weighted by Gasteiger charge is -2.22. The lowest BCUT2D eigenvalue weighted by Crippen LogP contribution is -2.34. The number of sulfonamides is 1. The molecule has 0 atom stereocenters. The van der Waals surface area contributed by atoms with Gasteiger partial charge in [0.25, 0.3) is 0 Å². The fourth-order valence-corrected chi connectivity index (χ4v) is 4.15. The van der Waals surface area contributed by atoms with Crippen LogP contribution in [0.1, 0.15) is 5.56 Å². The van der Waals surface area contributed by atoms with Gasteiger partial charge in [-0.2, -0.15) is 4.31 Å². The maximum absolute atomic E-state index is 12.9. The summed E-state index contributed by atoms with van der Waals surface area (Å²) < 4.78 is 27.1. The summed E-state index contributed by atoms with van der Waals surface area (Å²) in [4.78, 5) is 1.23. The Morgan fingerprint density at radius 1 is 1.09 bits per heavy atom. The average molecular weight is 336 g/mol. The summed E-state index contributed by atoms with van der Waals surface area (Å²) >= 11 is 1.52. The second-order valence-corrected chi connectivity index (χ2v) is 7.61. The van der Waals surface area contributed by atoms with Gasteiger partial charge in [-0.25, -0.2) is 8.42 Å². The van der Waals surface area contributed by atoms with Gasteiger partial charge >= 0.3 is 0 Å². The van der Waals surface area contributed by atoms with E-state index < -0.39 is 10.0 Å². The summed E-state index contributed by atoms with van der Waals surface area (Å²) in [6.07, 6.45) is 1.92. The quantitative estimate of drug-likeness (QED) is 0.789. The van der Waals surface area contributed by atoms with Crippen LogP contribution < -0.4 is 5.73 Å². The van der Waals surface area contributed by atoms with E-state index in [1.165, 1.54) is 16.1 Å². The third-order valence-corrected chi connectivity index (χ3v) is 5.83. The molecular formula is C16H20N2O2S2. The minimum absolute atomic E-state index is 0.286. The van der Waals surface area contributed by atoms with Crippen molar-refractivity contribution in [3.63, 3.8) is 0 Å². The summed E-state index contributed by atoms with van der Waals surface area (Å²) in [5.41, 5.74) is 6.55. The van der Waals surface area contributed by atoms with Gasteiger partial charge in [-0.1, -0.05) is 36.4 Å². The van der Waals surface area contributed by atoms with E-state index in [9.17, 15) is 8.42 Å². The normalized spacial score (nSPS) is 11.8. The number of hydrogen-bond acceptors (Lipinski definition) is 4. The molecule has 0 fully saturated rings. The Balaban J connectivity index is 2.33. The highest BCUT2D eigenvalue weighted by atomic mass is 32.2. The molecule has 0 amide bonds. The van der Waals surface area contributed by atoms with E-state index in [-0.39, 0.29) is 6.54 Å². The molecule has 4 nitrogen and oxygen atoms in total. The molecule has 6 heteroatoms. The van der Waals surface area contributed by atoms with Crippen molar-refractivity contribution in [3.8, 4) is 0 Å². The van der Waals surface area contributed by atoms with E-state index >= 15 is 0 Å². The molecule has 118 valence electrons. The van der Waals surface area contributed by atoms with Crippen molar-refractivity contribution in [1.82, 2.24) is 4.31 Å². The minimum atomic E-state index is -3.55.